The molecule has 2 rings (SSSR count). The van der Waals surface area contributed by atoms with Crippen LogP contribution in [0.15, 0.2) is 12.7 Å². The minimum Gasteiger partial charge on any atom is -0.396 e. The highest BCUT2D eigenvalue weighted by atomic mass is 16.3. The molecule has 16 heavy (non-hydrogen) atoms. The maximum atomic E-state index is 9.22. The lowest BCUT2D eigenvalue weighted by Gasteiger charge is -2.14. The summed E-state index contributed by atoms with van der Waals surface area (Å²) in [6, 6.07) is -0.246. The first-order chi connectivity index (χ1) is 7.77. The first-order valence-corrected chi connectivity index (χ1v) is 4.92. The predicted octanol–water partition coefficient (Wildman–Crippen LogP) is -0.676. The van der Waals surface area contributed by atoms with Gasteiger partial charge in [0.1, 0.15) is 11.8 Å². The number of imidazole rings is 1. The van der Waals surface area contributed by atoms with E-state index in [2.05, 4.69) is 15.0 Å². The summed E-state index contributed by atoms with van der Waals surface area (Å²) in [5.41, 5.74) is 6.73. The van der Waals surface area contributed by atoms with E-state index in [9.17, 15) is 5.11 Å². The molecule has 2 aromatic rings. The highest BCUT2D eigenvalue weighted by molar-refractivity contribution is 5.81. The van der Waals surface area contributed by atoms with E-state index in [1.54, 1.807) is 10.9 Å². The van der Waals surface area contributed by atoms with Crippen LogP contribution in [0.4, 0.5) is 5.82 Å². The second-order valence-electron chi connectivity index (χ2n) is 3.43. The van der Waals surface area contributed by atoms with Crippen LogP contribution in [0.1, 0.15) is 12.5 Å². The Kier molecular flexibility index (Phi) is 2.97. The quantitative estimate of drug-likeness (QED) is 0.633. The molecule has 7 heteroatoms. The average molecular weight is 223 g/mol. The summed E-state index contributed by atoms with van der Waals surface area (Å²) in [7, 11) is 0. The Morgan fingerprint density at radius 1 is 1.31 bits per heavy atom. The summed E-state index contributed by atoms with van der Waals surface area (Å²) in [5.74, 6) is 0.310. The molecular formula is C9H13N5O2. The minimum atomic E-state index is -0.246. The van der Waals surface area contributed by atoms with Gasteiger partial charge in [0.25, 0.3) is 0 Å². The van der Waals surface area contributed by atoms with E-state index < -0.39 is 0 Å². The van der Waals surface area contributed by atoms with Crippen LogP contribution in [-0.4, -0.2) is 42.9 Å². The van der Waals surface area contributed by atoms with Gasteiger partial charge in [-0.1, -0.05) is 0 Å². The summed E-state index contributed by atoms with van der Waals surface area (Å²) >= 11 is 0. The molecule has 2 heterocycles. The number of hydrogen-bond donors (Lipinski definition) is 3. The van der Waals surface area contributed by atoms with E-state index in [0.29, 0.717) is 23.4 Å². The number of nitrogens with zero attached hydrogens (tertiary/aromatic N) is 4. The van der Waals surface area contributed by atoms with Crippen molar-refractivity contribution >= 4 is 17.0 Å². The maximum Gasteiger partial charge on any atom is 0.165 e. The second-order valence-corrected chi connectivity index (χ2v) is 3.43. The second kappa shape index (κ2) is 4.42. The van der Waals surface area contributed by atoms with Crippen molar-refractivity contribution in [2.24, 2.45) is 0 Å². The molecule has 0 radical (unpaired) electrons. The topological polar surface area (TPSA) is 110 Å². The van der Waals surface area contributed by atoms with Crippen molar-refractivity contribution in [3.63, 3.8) is 0 Å². The van der Waals surface area contributed by atoms with Gasteiger partial charge in [0, 0.05) is 6.61 Å². The standard InChI is InChI=1S/C9H13N5O2/c10-8-7-9(12-4-11-8)14(5-13-7)6(3-16)1-2-15/h4-6,15-16H,1-3H2,(H2,10,11,12)/t6-/m0/s1. The molecule has 4 N–H and O–H groups in total. The fourth-order valence-corrected chi connectivity index (χ4v) is 1.60. The molecular weight excluding hydrogens is 210 g/mol. The van der Waals surface area contributed by atoms with Crippen molar-refractivity contribution in [3.8, 4) is 0 Å². The summed E-state index contributed by atoms with van der Waals surface area (Å²) in [6.45, 7) is -0.0958. The number of aromatic nitrogens is 4. The maximum absolute atomic E-state index is 9.22. The highest BCUT2D eigenvalue weighted by Gasteiger charge is 2.15. The van der Waals surface area contributed by atoms with Gasteiger partial charge in [0.05, 0.1) is 19.0 Å². The number of aliphatic hydroxyl groups excluding tert-OH is 2. The fraction of sp³-hybridized carbons (Fsp3) is 0.444. The zero-order valence-corrected chi connectivity index (χ0v) is 8.61. The number of nitrogens with two attached hydrogens (primary N) is 1. The zero-order valence-electron chi connectivity index (χ0n) is 8.61. The number of aliphatic hydroxyl groups is 2. The molecule has 0 aliphatic carbocycles. The van der Waals surface area contributed by atoms with Crippen LogP contribution in [0.2, 0.25) is 0 Å². The summed E-state index contributed by atoms with van der Waals surface area (Å²) in [6.07, 6.45) is 3.33. The highest BCUT2D eigenvalue weighted by Crippen LogP contribution is 2.20. The lowest BCUT2D eigenvalue weighted by atomic mass is 10.2. The van der Waals surface area contributed by atoms with Gasteiger partial charge in [-0.15, -0.1) is 0 Å². The minimum absolute atomic E-state index is 0.00847. The third kappa shape index (κ3) is 1.70. The van der Waals surface area contributed by atoms with Crippen LogP contribution in [0, 0.1) is 0 Å². The smallest absolute Gasteiger partial charge is 0.165 e. The van der Waals surface area contributed by atoms with E-state index in [0.717, 1.165) is 0 Å². The molecule has 0 saturated carbocycles. The molecule has 0 unspecified atom stereocenters. The largest absolute Gasteiger partial charge is 0.396 e. The van der Waals surface area contributed by atoms with Gasteiger partial charge in [0.2, 0.25) is 0 Å². The Balaban J connectivity index is 2.48. The third-order valence-electron chi connectivity index (χ3n) is 2.45. The van der Waals surface area contributed by atoms with Crippen molar-refractivity contribution in [1.82, 2.24) is 19.5 Å². The number of hydrogen-bond acceptors (Lipinski definition) is 6. The van der Waals surface area contributed by atoms with Crippen LogP contribution in [-0.2, 0) is 0 Å². The van der Waals surface area contributed by atoms with Gasteiger partial charge in [-0.2, -0.15) is 0 Å². The molecule has 2 aromatic heterocycles. The van der Waals surface area contributed by atoms with Gasteiger partial charge < -0.3 is 20.5 Å². The molecule has 7 nitrogen and oxygen atoms in total. The first-order valence-electron chi connectivity index (χ1n) is 4.92. The Hall–Kier alpha value is -1.73. The monoisotopic (exact) mass is 223 g/mol. The lowest BCUT2D eigenvalue weighted by molar-refractivity contribution is 0.188. The molecule has 86 valence electrons. The Labute approximate surface area is 91.6 Å². The van der Waals surface area contributed by atoms with Crippen LogP contribution in [0.3, 0.4) is 0 Å². The van der Waals surface area contributed by atoms with E-state index in [1.807, 2.05) is 0 Å². The van der Waals surface area contributed by atoms with Gasteiger partial charge in [0.15, 0.2) is 11.5 Å². The van der Waals surface area contributed by atoms with Crippen LogP contribution in [0.5, 0.6) is 0 Å². The van der Waals surface area contributed by atoms with Gasteiger partial charge in [-0.3, -0.25) is 0 Å². The molecule has 1 atom stereocenters. The molecule has 0 amide bonds. The lowest BCUT2D eigenvalue weighted by Crippen LogP contribution is -2.14. The van der Waals surface area contributed by atoms with Gasteiger partial charge >= 0.3 is 0 Å². The molecule has 0 saturated heterocycles. The Bertz CT molecular complexity index is 484. The molecule has 0 bridgehead atoms. The molecule has 0 aliphatic heterocycles. The van der Waals surface area contributed by atoms with E-state index >= 15 is 0 Å². The third-order valence-corrected chi connectivity index (χ3v) is 2.45. The van der Waals surface area contributed by atoms with Crippen molar-refractivity contribution in [2.45, 2.75) is 12.5 Å². The fourth-order valence-electron chi connectivity index (χ4n) is 1.60. The summed E-state index contributed by atoms with van der Waals surface area (Å²) < 4.78 is 1.70. The zero-order chi connectivity index (χ0) is 11.5. The Morgan fingerprint density at radius 2 is 2.12 bits per heavy atom. The first kappa shape index (κ1) is 10.8. The van der Waals surface area contributed by atoms with Gasteiger partial charge in [-0.05, 0) is 6.42 Å². The number of rotatable bonds is 4. The Morgan fingerprint density at radius 3 is 2.81 bits per heavy atom. The van der Waals surface area contributed by atoms with Gasteiger partial charge in [-0.25, -0.2) is 15.0 Å². The number of fused-ring (bicyclic) bond motifs is 1. The average Bonchev–Trinajstić information content (AvgIpc) is 2.71. The van der Waals surface area contributed by atoms with Crippen LogP contribution >= 0.6 is 0 Å². The normalized spacial score (nSPS) is 13.1. The molecule has 0 aromatic carbocycles. The molecule has 0 spiro atoms. The SMILES string of the molecule is Nc1ncnc2c1ncn2[C@H](CO)CCO. The molecule has 0 fully saturated rings. The number of anilines is 1. The number of nitrogen functional groups attached to an aromatic ring is 1. The van der Waals surface area contributed by atoms with Crippen molar-refractivity contribution in [1.29, 1.82) is 0 Å². The predicted molar refractivity (Wildman–Crippen MR) is 57.6 cm³/mol. The van der Waals surface area contributed by atoms with E-state index in [-0.39, 0.29) is 19.3 Å². The molecule has 0 aliphatic rings. The van der Waals surface area contributed by atoms with E-state index in [1.165, 1.54) is 6.33 Å². The summed E-state index contributed by atoms with van der Waals surface area (Å²) in [4.78, 5) is 12.0. The van der Waals surface area contributed by atoms with Crippen molar-refractivity contribution in [3.05, 3.63) is 12.7 Å². The van der Waals surface area contributed by atoms with Crippen LogP contribution < -0.4 is 5.73 Å². The van der Waals surface area contributed by atoms with E-state index in [4.69, 9.17) is 10.8 Å². The van der Waals surface area contributed by atoms with Crippen LogP contribution in [0.25, 0.3) is 11.2 Å². The van der Waals surface area contributed by atoms with Crippen molar-refractivity contribution in [2.75, 3.05) is 18.9 Å². The summed E-state index contributed by atoms with van der Waals surface area (Å²) in [5, 5.41) is 18.1. The van der Waals surface area contributed by atoms with Crippen molar-refractivity contribution < 1.29 is 10.2 Å².